The first kappa shape index (κ1) is 12.6. The van der Waals surface area contributed by atoms with Gasteiger partial charge in [-0.1, -0.05) is 6.08 Å². The Morgan fingerprint density at radius 3 is 3.00 bits per heavy atom. The van der Waals surface area contributed by atoms with Gasteiger partial charge < -0.3 is 10.6 Å². The zero-order chi connectivity index (χ0) is 12.0. The fourth-order valence-corrected chi connectivity index (χ4v) is 1.47. The highest BCUT2D eigenvalue weighted by Gasteiger charge is 2.11. The van der Waals surface area contributed by atoms with Crippen LogP contribution in [0.1, 0.15) is 18.4 Å². The molecule has 0 saturated carbocycles. The van der Waals surface area contributed by atoms with E-state index in [2.05, 4.69) is 11.6 Å². The van der Waals surface area contributed by atoms with E-state index in [1.807, 2.05) is 13.1 Å². The van der Waals surface area contributed by atoms with Gasteiger partial charge in [-0.3, -0.25) is 0 Å². The number of pyridine rings is 1. The quantitative estimate of drug-likeness (QED) is 0.593. The van der Waals surface area contributed by atoms with Crippen LogP contribution in [0, 0.1) is 5.82 Å². The third-order valence-electron chi connectivity index (χ3n) is 2.43. The van der Waals surface area contributed by atoms with E-state index in [1.54, 1.807) is 17.2 Å². The number of unbranched alkanes of at least 4 members (excludes halogenated alkanes) is 1. The molecular formula is C12H18FN3. The topological polar surface area (TPSA) is 42.2 Å². The lowest BCUT2D eigenvalue weighted by molar-refractivity contribution is 0.597. The van der Waals surface area contributed by atoms with E-state index in [-0.39, 0.29) is 12.4 Å². The van der Waals surface area contributed by atoms with E-state index in [4.69, 9.17) is 5.73 Å². The molecule has 1 heterocycles. The SMILES string of the molecule is C=CCCCN(C)c1nccc(CN)c1F. The van der Waals surface area contributed by atoms with Crippen molar-refractivity contribution in [3.63, 3.8) is 0 Å². The van der Waals surface area contributed by atoms with Crippen LogP contribution in [-0.4, -0.2) is 18.6 Å². The molecule has 1 aromatic rings. The van der Waals surface area contributed by atoms with E-state index in [0.29, 0.717) is 11.4 Å². The van der Waals surface area contributed by atoms with E-state index in [0.717, 1.165) is 19.4 Å². The standard InChI is InChI=1S/C12H18FN3/c1-3-4-5-8-16(2)12-11(13)10(9-14)6-7-15-12/h3,6-7H,1,4-5,8-9,14H2,2H3. The van der Waals surface area contributed by atoms with Gasteiger partial charge in [0.25, 0.3) is 0 Å². The van der Waals surface area contributed by atoms with Gasteiger partial charge in [-0.2, -0.15) is 0 Å². The molecule has 0 bridgehead atoms. The molecule has 0 aliphatic carbocycles. The molecule has 0 radical (unpaired) electrons. The van der Waals surface area contributed by atoms with Crippen LogP contribution in [0.15, 0.2) is 24.9 Å². The number of halogens is 1. The van der Waals surface area contributed by atoms with Crippen molar-refractivity contribution in [2.75, 3.05) is 18.5 Å². The highest BCUT2D eigenvalue weighted by molar-refractivity contribution is 5.42. The molecule has 0 aromatic carbocycles. The summed E-state index contributed by atoms with van der Waals surface area (Å²) in [7, 11) is 1.83. The highest BCUT2D eigenvalue weighted by atomic mass is 19.1. The minimum absolute atomic E-state index is 0.196. The molecule has 0 aliphatic heterocycles. The number of hydrogen-bond acceptors (Lipinski definition) is 3. The minimum Gasteiger partial charge on any atom is -0.357 e. The number of aromatic nitrogens is 1. The summed E-state index contributed by atoms with van der Waals surface area (Å²) < 4.78 is 13.8. The second-order valence-electron chi connectivity index (χ2n) is 3.66. The van der Waals surface area contributed by atoms with Gasteiger partial charge in [-0.15, -0.1) is 6.58 Å². The average molecular weight is 223 g/mol. The fraction of sp³-hybridized carbons (Fsp3) is 0.417. The molecule has 0 atom stereocenters. The maximum atomic E-state index is 13.8. The van der Waals surface area contributed by atoms with Crippen LogP contribution in [0.5, 0.6) is 0 Å². The van der Waals surface area contributed by atoms with Crippen LogP contribution in [0.3, 0.4) is 0 Å². The van der Waals surface area contributed by atoms with Crippen molar-refractivity contribution < 1.29 is 4.39 Å². The Balaban J connectivity index is 2.74. The smallest absolute Gasteiger partial charge is 0.170 e. The van der Waals surface area contributed by atoms with Gasteiger partial charge >= 0.3 is 0 Å². The predicted octanol–water partition coefficient (Wildman–Crippen LogP) is 2.08. The molecule has 88 valence electrons. The van der Waals surface area contributed by atoms with E-state index in [9.17, 15) is 4.39 Å². The number of hydrogen-bond donors (Lipinski definition) is 1. The van der Waals surface area contributed by atoms with Crippen LogP contribution < -0.4 is 10.6 Å². The molecule has 16 heavy (non-hydrogen) atoms. The van der Waals surface area contributed by atoms with Crippen LogP contribution in [-0.2, 0) is 6.54 Å². The van der Waals surface area contributed by atoms with Crippen molar-refractivity contribution >= 4 is 5.82 Å². The van der Waals surface area contributed by atoms with Crippen LogP contribution in [0.25, 0.3) is 0 Å². The molecule has 0 spiro atoms. The van der Waals surface area contributed by atoms with Gasteiger partial charge in [0, 0.05) is 31.9 Å². The number of nitrogens with two attached hydrogens (primary N) is 1. The minimum atomic E-state index is -0.314. The number of rotatable bonds is 6. The summed E-state index contributed by atoms with van der Waals surface area (Å²) in [6.07, 6.45) is 5.30. The first-order valence-corrected chi connectivity index (χ1v) is 5.36. The summed E-state index contributed by atoms with van der Waals surface area (Å²) >= 11 is 0. The number of anilines is 1. The van der Waals surface area contributed by atoms with Crippen molar-refractivity contribution in [1.29, 1.82) is 0 Å². The normalized spacial score (nSPS) is 10.2. The van der Waals surface area contributed by atoms with E-state index < -0.39 is 0 Å². The van der Waals surface area contributed by atoms with Gasteiger partial charge in [0.1, 0.15) is 0 Å². The predicted molar refractivity (Wildman–Crippen MR) is 64.8 cm³/mol. The largest absolute Gasteiger partial charge is 0.357 e. The summed E-state index contributed by atoms with van der Waals surface area (Å²) in [5.74, 6) is 0.0538. The summed E-state index contributed by atoms with van der Waals surface area (Å²) in [5.41, 5.74) is 5.94. The summed E-state index contributed by atoms with van der Waals surface area (Å²) in [6.45, 7) is 4.60. The monoisotopic (exact) mass is 223 g/mol. The zero-order valence-electron chi connectivity index (χ0n) is 9.62. The Hall–Kier alpha value is -1.42. The molecule has 0 unspecified atom stereocenters. The molecule has 0 aliphatic rings. The Labute approximate surface area is 95.8 Å². The van der Waals surface area contributed by atoms with Crippen LogP contribution in [0.4, 0.5) is 10.2 Å². The van der Waals surface area contributed by atoms with Crippen molar-refractivity contribution in [1.82, 2.24) is 4.98 Å². The van der Waals surface area contributed by atoms with Crippen molar-refractivity contribution in [3.8, 4) is 0 Å². The second kappa shape index (κ2) is 6.23. The van der Waals surface area contributed by atoms with Gasteiger partial charge in [0.15, 0.2) is 11.6 Å². The molecule has 2 N–H and O–H groups in total. The summed E-state index contributed by atoms with van der Waals surface area (Å²) in [5, 5.41) is 0. The second-order valence-corrected chi connectivity index (χ2v) is 3.66. The molecule has 4 heteroatoms. The molecule has 1 aromatic heterocycles. The van der Waals surface area contributed by atoms with Crippen molar-refractivity contribution in [2.24, 2.45) is 5.73 Å². The van der Waals surface area contributed by atoms with Crippen LogP contribution in [0.2, 0.25) is 0 Å². The summed E-state index contributed by atoms with van der Waals surface area (Å²) in [4.78, 5) is 5.84. The molecule has 0 saturated heterocycles. The van der Waals surface area contributed by atoms with Gasteiger partial charge in [-0.25, -0.2) is 9.37 Å². The Kier molecular flexibility index (Phi) is 4.92. The summed E-state index contributed by atoms with van der Waals surface area (Å²) in [6, 6.07) is 1.61. The van der Waals surface area contributed by atoms with E-state index >= 15 is 0 Å². The Bertz CT molecular complexity index is 352. The van der Waals surface area contributed by atoms with Crippen molar-refractivity contribution in [2.45, 2.75) is 19.4 Å². The molecule has 1 rings (SSSR count). The fourth-order valence-electron chi connectivity index (χ4n) is 1.47. The lowest BCUT2D eigenvalue weighted by Gasteiger charge is -2.19. The maximum Gasteiger partial charge on any atom is 0.170 e. The third-order valence-corrected chi connectivity index (χ3v) is 2.43. The van der Waals surface area contributed by atoms with Gasteiger partial charge in [0.2, 0.25) is 0 Å². The number of allylic oxidation sites excluding steroid dienone is 1. The first-order chi connectivity index (χ1) is 7.70. The Morgan fingerprint density at radius 1 is 1.62 bits per heavy atom. The maximum absolute atomic E-state index is 13.8. The van der Waals surface area contributed by atoms with Gasteiger partial charge in [0.05, 0.1) is 0 Å². The van der Waals surface area contributed by atoms with E-state index in [1.165, 1.54) is 0 Å². The third kappa shape index (κ3) is 3.03. The first-order valence-electron chi connectivity index (χ1n) is 5.36. The highest BCUT2D eigenvalue weighted by Crippen LogP contribution is 2.18. The molecule has 0 amide bonds. The van der Waals surface area contributed by atoms with Gasteiger partial charge in [-0.05, 0) is 18.9 Å². The molecule has 3 nitrogen and oxygen atoms in total. The van der Waals surface area contributed by atoms with Crippen molar-refractivity contribution in [3.05, 3.63) is 36.3 Å². The number of nitrogens with zero attached hydrogens (tertiary/aromatic N) is 2. The zero-order valence-corrected chi connectivity index (χ0v) is 9.62. The lowest BCUT2D eigenvalue weighted by Crippen LogP contribution is -2.21. The molecule has 0 fully saturated rings. The van der Waals surface area contributed by atoms with Crippen LogP contribution >= 0.6 is 0 Å². The molecular weight excluding hydrogens is 205 g/mol. The average Bonchev–Trinajstić information content (AvgIpc) is 2.29. The Morgan fingerprint density at radius 2 is 2.38 bits per heavy atom. The lowest BCUT2D eigenvalue weighted by atomic mass is 10.2.